The van der Waals surface area contributed by atoms with E-state index in [0.717, 1.165) is 28.2 Å². The van der Waals surface area contributed by atoms with Gasteiger partial charge in [0.2, 0.25) is 0 Å². The van der Waals surface area contributed by atoms with E-state index in [0.29, 0.717) is 10.1 Å². The molecule has 1 fully saturated rings. The molecule has 0 bridgehead atoms. The van der Waals surface area contributed by atoms with E-state index in [1.807, 2.05) is 30.3 Å². The van der Waals surface area contributed by atoms with Crippen LogP contribution in [-0.4, -0.2) is 33.7 Å². The minimum Gasteiger partial charge on any atom is -0.480 e. The monoisotopic (exact) mass is 473 g/mol. The topological polar surface area (TPSA) is 101 Å². The molecule has 2 N–H and O–H groups in total. The zero-order valence-electron chi connectivity index (χ0n) is 15.6. The highest BCUT2D eigenvalue weighted by Gasteiger charge is 2.24. The fourth-order valence-electron chi connectivity index (χ4n) is 2.78. The Morgan fingerprint density at radius 3 is 2.87 bits per heavy atom. The van der Waals surface area contributed by atoms with Crippen molar-refractivity contribution in [2.75, 3.05) is 6.61 Å². The quantitative estimate of drug-likeness (QED) is 0.511. The van der Waals surface area contributed by atoms with Crippen LogP contribution >= 0.6 is 35.0 Å². The van der Waals surface area contributed by atoms with Crippen molar-refractivity contribution in [1.29, 1.82) is 0 Å². The molecule has 31 heavy (non-hydrogen) atoms. The number of ether oxygens (including phenoxy) is 1. The van der Waals surface area contributed by atoms with Gasteiger partial charge in [-0.3, -0.25) is 9.78 Å². The highest BCUT2D eigenvalue weighted by molar-refractivity contribution is 8.18. The molecule has 3 aromatic rings. The summed E-state index contributed by atoms with van der Waals surface area (Å²) in [5.74, 6) is -1.30. The van der Waals surface area contributed by atoms with Gasteiger partial charge in [0.05, 0.1) is 26.2 Å². The van der Waals surface area contributed by atoms with E-state index >= 15 is 0 Å². The number of aliphatic carboxylic acids is 1. The number of amides is 1. The summed E-state index contributed by atoms with van der Waals surface area (Å²) in [7, 11) is 0. The number of carbonyl (C=O) groups excluding carboxylic acids is 1. The molecule has 4 rings (SSSR count). The third-order valence-corrected chi connectivity index (χ3v) is 5.66. The summed E-state index contributed by atoms with van der Waals surface area (Å²) in [5, 5.41) is 13.1. The Balaban J connectivity index is 1.59. The molecule has 1 aliphatic rings. The molecule has 1 saturated heterocycles. The van der Waals surface area contributed by atoms with Gasteiger partial charge < -0.3 is 15.2 Å². The van der Waals surface area contributed by atoms with E-state index < -0.39 is 12.6 Å². The molecule has 1 amide bonds. The summed E-state index contributed by atoms with van der Waals surface area (Å²) in [4.78, 5) is 32.2. The van der Waals surface area contributed by atoms with Gasteiger partial charge in [0.1, 0.15) is 5.75 Å². The average Bonchev–Trinajstić information content (AvgIpc) is 3.07. The molecule has 1 aromatic heterocycles. The van der Waals surface area contributed by atoms with Crippen molar-refractivity contribution in [3.8, 4) is 5.75 Å². The number of nitrogens with zero attached hydrogens (tertiary/aromatic N) is 2. The molecule has 0 saturated carbocycles. The van der Waals surface area contributed by atoms with Gasteiger partial charge in [-0.15, -0.1) is 0 Å². The lowest BCUT2D eigenvalue weighted by molar-refractivity contribution is -0.139. The lowest BCUT2D eigenvalue weighted by Gasteiger charge is -2.08. The summed E-state index contributed by atoms with van der Waals surface area (Å²) in [6, 6.07) is 12.3. The number of nitrogens with one attached hydrogen (secondary N) is 1. The Hall–Kier alpha value is -3.07. The van der Waals surface area contributed by atoms with Crippen LogP contribution in [-0.2, 0) is 9.59 Å². The van der Waals surface area contributed by atoms with Crippen molar-refractivity contribution in [2.24, 2.45) is 4.99 Å². The van der Waals surface area contributed by atoms with Gasteiger partial charge in [0.25, 0.3) is 5.91 Å². The number of aromatic nitrogens is 1. The smallest absolute Gasteiger partial charge is 0.341 e. The van der Waals surface area contributed by atoms with Crippen molar-refractivity contribution in [1.82, 2.24) is 10.3 Å². The highest BCUT2D eigenvalue weighted by Crippen LogP contribution is 2.37. The normalized spacial score (nSPS) is 16.1. The summed E-state index contributed by atoms with van der Waals surface area (Å²) >= 11 is 13.4. The largest absolute Gasteiger partial charge is 0.480 e. The van der Waals surface area contributed by atoms with Crippen LogP contribution in [0.25, 0.3) is 17.0 Å². The van der Waals surface area contributed by atoms with Crippen LogP contribution in [0.2, 0.25) is 10.0 Å². The van der Waals surface area contributed by atoms with Gasteiger partial charge in [0.15, 0.2) is 11.8 Å². The Labute approximate surface area is 190 Å². The first-order chi connectivity index (χ1) is 14.9. The molecule has 10 heteroatoms. The molecule has 0 aliphatic carbocycles. The minimum atomic E-state index is -1.14. The molecule has 7 nitrogen and oxygen atoms in total. The number of carboxylic acid groups (broad SMARTS) is 1. The highest BCUT2D eigenvalue weighted by atomic mass is 35.5. The molecular formula is C21H13Cl2N3O4S. The van der Waals surface area contributed by atoms with Gasteiger partial charge in [-0.1, -0.05) is 35.3 Å². The number of thioether (sulfide) groups is 1. The van der Waals surface area contributed by atoms with Crippen LogP contribution in [0.1, 0.15) is 5.56 Å². The number of amidine groups is 1. The van der Waals surface area contributed by atoms with E-state index in [2.05, 4.69) is 15.3 Å². The lowest BCUT2D eigenvalue weighted by Crippen LogP contribution is -2.19. The maximum atomic E-state index is 12.4. The van der Waals surface area contributed by atoms with Crippen LogP contribution < -0.4 is 10.1 Å². The Kier molecular flexibility index (Phi) is 6.13. The van der Waals surface area contributed by atoms with E-state index in [4.69, 9.17) is 33.0 Å². The summed E-state index contributed by atoms with van der Waals surface area (Å²) in [6.45, 7) is -0.559. The number of halogens is 2. The predicted octanol–water partition coefficient (Wildman–Crippen LogP) is 4.90. The zero-order chi connectivity index (χ0) is 22.0. The van der Waals surface area contributed by atoms with E-state index in [1.54, 1.807) is 12.3 Å². The third-order valence-electron chi connectivity index (χ3n) is 4.15. The van der Waals surface area contributed by atoms with E-state index in [-0.39, 0.29) is 27.4 Å². The number of benzene rings is 2. The Morgan fingerprint density at radius 2 is 2.06 bits per heavy atom. The number of aliphatic imine (C=N–C) groups is 1. The molecule has 0 unspecified atom stereocenters. The number of pyridine rings is 1. The second-order valence-electron chi connectivity index (χ2n) is 6.35. The number of carbonyl (C=O) groups is 2. The standard InChI is InChI=1S/C21H13Cl2N3O4S/c22-13-8-14(23)17(30-10-19(27)28)9-16(13)25-21-26-20(29)18(31-21)7-11-3-4-15-12(6-11)2-1-5-24-15/h1-9H,10H2,(H,27,28)(H,25,26,29)/b18-7-. The number of hydrogen-bond donors (Lipinski definition) is 2. The maximum Gasteiger partial charge on any atom is 0.341 e. The molecule has 0 spiro atoms. The fourth-order valence-corrected chi connectivity index (χ4v) is 4.09. The van der Waals surface area contributed by atoms with Crippen LogP contribution in [0.15, 0.2) is 58.6 Å². The Morgan fingerprint density at radius 1 is 1.23 bits per heavy atom. The van der Waals surface area contributed by atoms with Gasteiger partial charge >= 0.3 is 5.97 Å². The van der Waals surface area contributed by atoms with Crippen molar-refractivity contribution in [2.45, 2.75) is 0 Å². The molecule has 2 aromatic carbocycles. The van der Waals surface area contributed by atoms with E-state index in [1.165, 1.54) is 12.1 Å². The van der Waals surface area contributed by atoms with Crippen molar-refractivity contribution in [3.05, 3.63) is 69.2 Å². The van der Waals surface area contributed by atoms with Gasteiger partial charge in [-0.25, -0.2) is 9.79 Å². The van der Waals surface area contributed by atoms with Crippen LogP contribution in [0.5, 0.6) is 5.75 Å². The van der Waals surface area contributed by atoms with Crippen LogP contribution in [0.3, 0.4) is 0 Å². The van der Waals surface area contributed by atoms with Crippen molar-refractivity contribution >= 4 is 74.7 Å². The molecule has 156 valence electrons. The second-order valence-corrected chi connectivity index (χ2v) is 8.20. The second kappa shape index (κ2) is 8.97. The molecule has 0 radical (unpaired) electrons. The zero-order valence-corrected chi connectivity index (χ0v) is 18.0. The molecule has 2 heterocycles. The number of carboxylic acids is 1. The number of rotatable bonds is 5. The van der Waals surface area contributed by atoms with Gasteiger partial charge in [-0.2, -0.15) is 0 Å². The first-order valence-corrected chi connectivity index (χ1v) is 10.4. The SMILES string of the molecule is O=C(O)COc1cc(N=C2NC(=O)/C(=C/c3ccc4ncccc4c3)S2)c(Cl)cc1Cl. The third kappa shape index (κ3) is 4.99. The summed E-state index contributed by atoms with van der Waals surface area (Å²) in [5.41, 5.74) is 2.01. The average molecular weight is 474 g/mol. The minimum absolute atomic E-state index is 0.127. The number of hydrogen-bond acceptors (Lipinski definition) is 6. The van der Waals surface area contributed by atoms with Crippen LogP contribution in [0, 0.1) is 0 Å². The number of fused-ring (bicyclic) bond motifs is 1. The first-order valence-electron chi connectivity index (χ1n) is 8.87. The van der Waals surface area contributed by atoms with Crippen molar-refractivity contribution < 1.29 is 19.4 Å². The Bertz CT molecular complexity index is 1280. The fraction of sp³-hybridized carbons (Fsp3) is 0.0476. The molecular weight excluding hydrogens is 461 g/mol. The first kappa shape index (κ1) is 21.2. The summed E-state index contributed by atoms with van der Waals surface area (Å²) in [6.07, 6.45) is 3.49. The molecule has 0 atom stereocenters. The predicted molar refractivity (Wildman–Crippen MR) is 122 cm³/mol. The molecule has 1 aliphatic heterocycles. The van der Waals surface area contributed by atoms with Gasteiger partial charge in [-0.05, 0) is 47.7 Å². The summed E-state index contributed by atoms with van der Waals surface area (Å²) < 4.78 is 5.14. The van der Waals surface area contributed by atoms with E-state index in [9.17, 15) is 9.59 Å². The maximum absolute atomic E-state index is 12.4. The van der Waals surface area contributed by atoms with Crippen molar-refractivity contribution in [3.63, 3.8) is 0 Å². The lowest BCUT2D eigenvalue weighted by atomic mass is 10.1. The van der Waals surface area contributed by atoms with Gasteiger partial charge in [0, 0.05) is 17.6 Å². The van der Waals surface area contributed by atoms with Crippen LogP contribution in [0.4, 0.5) is 5.69 Å².